The fourth-order valence-electron chi connectivity index (χ4n) is 1.86. The van der Waals surface area contributed by atoms with E-state index in [-0.39, 0.29) is 0 Å². The Morgan fingerprint density at radius 3 is 2.25 bits per heavy atom. The molecule has 0 aliphatic heterocycles. The third-order valence-corrected chi connectivity index (χ3v) is 3.03. The van der Waals surface area contributed by atoms with E-state index in [0.717, 1.165) is 5.56 Å². The van der Waals surface area contributed by atoms with E-state index in [2.05, 4.69) is 5.32 Å². The van der Waals surface area contributed by atoms with Crippen molar-refractivity contribution in [3.05, 3.63) is 35.9 Å². The molecule has 0 aliphatic rings. The number of nitrogens with two attached hydrogens (primary N) is 1. The van der Waals surface area contributed by atoms with E-state index >= 15 is 0 Å². The first-order chi connectivity index (χ1) is 9.21. The molecular weight excluding hydrogens is 256 g/mol. The molecule has 1 aromatic carbocycles. The largest absolute Gasteiger partial charge is 0.480 e. The monoisotopic (exact) mass is 278 g/mol. The zero-order valence-corrected chi connectivity index (χ0v) is 12.1. The van der Waals surface area contributed by atoms with E-state index in [1.807, 2.05) is 30.3 Å². The predicted octanol–water partition coefficient (Wildman–Crippen LogP) is 1.17. The number of benzene rings is 1. The van der Waals surface area contributed by atoms with Crippen LogP contribution in [0.5, 0.6) is 0 Å². The average Bonchev–Trinajstić information content (AvgIpc) is 2.34. The van der Waals surface area contributed by atoms with Crippen LogP contribution in [-0.4, -0.2) is 29.1 Å². The third kappa shape index (κ3) is 4.66. The number of carboxylic acids is 1. The highest BCUT2D eigenvalue weighted by atomic mass is 16.4. The molecule has 110 valence electrons. The van der Waals surface area contributed by atoms with Gasteiger partial charge < -0.3 is 16.2 Å². The molecule has 0 bridgehead atoms. The van der Waals surface area contributed by atoms with Crippen LogP contribution in [0.3, 0.4) is 0 Å². The van der Waals surface area contributed by atoms with Gasteiger partial charge in [0.1, 0.15) is 6.04 Å². The summed E-state index contributed by atoms with van der Waals surface area (Å²) in [5, 5.41) is 11.7. The van der Waals surface area contributed by atoms with Gasteiger partial charge in [0, 0.05) is 0 Å². The van der Waals surface area contributed by atoms with Crippen molar-refractivity contribution in [2.75, 3.05) is 0 Å². The van der Waals surface area contributed by atoms with Gasteiger partial charge in [0.2, 0.25) is 5.91 Å². The Morgan fingerprint density at radius 2 is 1.80 bits per heavy atom. The van der Waals surface area contributed by atoms with Crippen LogP contribution < -0.4 is 11.1 Å². The molecule has 1 unspecified atom stereocenters. The summed E-state index contributed by atoms with van der Waals surface area (Å²) in [5.41, 5.74) is 6.20. The fourth-order valence-corrected chi connectivity index (χ4v) is 1.86. The van der Waals surface area contributed by atoms with Crippen molar-refractivity contribution in [2.45, 2.75) is 39.3 Å². The quantitative estimate of drug-likeness (QED) is 0.754. The van der Waals surface area contributed by atoms with E-state index in [0.29, 0.717) is 6.42 Å². The maximum Gasteiger partial charge on any atom is 0.326 e. The molecule has 0 heterocycles. The molecule has 0 spiro atoms. The van der Waals surface area contributed by atoms with Crippen LogP contribution in [0.15, 0.2) is 30.3 Å². The Labute approximate surface area is 119 Å². The van der Waals surface area contributed by atoms with Crippen molar-refractivity contribution in [3.8, 4) is 0 Å². The normalized spacial score (nSPS) is 14.4. The first-order valence-corrected chi connectivity index (χ1v) is 6.54. The number of aliphatic carboxylic acids is 1. The van der Waals surface area contributed by atoms with E-state index in [4.69, 9.17) is 5.73 Å². The van der Waals surface area contributed by atoms with Crippen LogP contribution in [0.25, 0.3) is 0 Å². The predicted molar refractivity (Wildman–Crippen MR) is 77.1 cm³/mol. The highest BCUT2D eigenvalue weighted by Gasteiger charge is 2.33. The van der Waals surface area contributed by atoms with Crippen molar-refractivity contribution in [1.82, 2.24) is 5.32 Å². The van der Waals surface area contributed by atoms with Crippen LogP contribution in [0.2, 0.25) is 0 Å². The van der Waals surface area contributed by atoms with Crippen molar-refractivity contribution in [3.63, 3.8) is 0 Å². The van der Waals surface area contributed by atoms with Gasteiger partial charge in [-0.25, -0.2) is 4.79 Å². The van der Waals surface area contributed by atoms with Gasteiger partial charge in [0.25, 0.3) is 0 Å². The molecule has 2 atom stereocenters. The Hall–Kier alpha value is -1.88. The maximum absolute atomic E-state index is 12.0. The zero-order valence-electron chi connectivity index (χ0n) is 12.1. The average molecular weight is 278 g/mol. The number of carboxylic acid groups (broad SMARTS) is 1. The first-order valence-electron chi connectivity index (χ1n) is 6.54. The Kier molecular flexibility index (Phi) is 5.27. The summed E-state index contributed by atoms with van der Waals surface area (Å²) in [7, 11) is 0. The van der Waals surface area contributed by atoms with Crippen LogP contribution in [-0.2, 0) is 16.0 Å². The van der Waals surface area contributed by atoms with Crippen LogP contribution >= 0.6 is 0 Å². The van der Waals surface area contributed by atoms with Gasteiger partial charge in [-0.3, -0.25) is 4.79 Å². The summed E-state index contributed by atoms with van der Waals surface area (Å²) in [5.74, 6) is -1.51. The number of carbonyl (C=O) groups excluding carboxylic acids is 1. The standard InChI is InChI=1S/C15H22N2O3/c1-15(2,3)12(14(19)20)17-13(18)11(16)9-10-7-5-4-6-8-10/h4-8,11-12H,9,16H2,1-3H3,(H,17,18)(H,19,20)/t11?,12-/m0/s1. The van der Waals surface area contributed by atoms with Gasteiger partial charge >= 0.3 is 5.97 Å². The molecular formula is C15H22N2O3. The van der Waals surface area contributed by atoms with E-state index in [9.17, 15) is 14.7 Å². The van der Waals surface area contributed by atoms with Gasteiger partial charge in [0.15, 0.2) is 0 Å². The number of carbonyl (C=O) groups is 2. The SMILES string of the molecule is CC(C)(C)[C@@H](NC(=O)C(N)Cc1ccccc1)C(=O)O. The smallest absolute Gasteiger partial charge is 0.326 e. The number of nitrogens with one attached hydrogen (secondary N) is 1. The van der Waals surface area contributed by atoms with Crippen LogP contribution in [0, 0.1) is 5.41 Å². The van der Waals surface area contributed by atoms with E-state index in [1.54, 1.807) is 20.8 Å². The summed E-state index contributed by atoms with van der Waals surface area (Å²) < 4.78 is 0. The molecule has 0 aliphatic carbocycles. The summed E-state index contributed by atoms with van der Waals surface area (Å²) in [6.45, 7) is 5.28. The molecule has 4 N–H and O–H groups in total. The van der Waals surface area contributed by atoms with Crippen LogP contribution in [0.1, 0.15) is 26.3 Å². The molecule has 20 heavy (non-hydrogen) atoms. The van der Waals surface area contributed by atoms with Gasteiger partial charge in [-0.1, -0.05) is 51.1 Å². The lowest BCUT2D eigenvalue weighted by Gasteiger charge is -2.28. The second-order valence-corrected chi connectivity index (χ2v) is 5.94. The minimum Gasteiger partial charge on any atom is -0.480 e. The highest BCUT2D eigenvalue weighted by molar-refractivity contribution is 5.87. The third-order valence-electron chi connectivity index (χ3n) is 3.03. The lowest BCUT2D eigenvalue weighted by Crippen LogP contribution is -2.54. The van der Waals surface area contributed by atoms with Crippen molar-refractivity contribution in [2.24, 2.45) is 11.1 Å². The number of amides is 1. The molecule has 0 saturated carbocycles. The second-order valence-electron chi connectivity index (χ2n) is 5.94. The zero-order chi connectivity index (χ0) is 15.3. The number of hydrogen-bond acceptors (Lipinski definition) is 3. The molecule has 5 nitrogen and oxygen atoms in total. The van der Waals surface area contributed by atoms with Gasteiger partial charge in [0.05, 0.1) is 6.04 Å². The minimum absolute atomic E-state index is 0.378. The Morgan fingerprint density at radius 1 is 1.25 bits per heavy atom. The van der Waals surface area contributed by atoms with Crippen molar-refractivity contribution >= 4 is 11.9 Å². The van der Waals surface area contributed by atoms with Crippen molar-refractivity contribution < 1.29 is 14.7 Å². The molecule has 0 fully saturated rings. The molecule has 1 amide bonds. The van der Waals surface area contributed by atoms with E-state index < -0.39 is 29.4 Å². The van der Waals surface area contributed by atoms with Gasteiger partial charge in [-0.05, 0) is 17.4 Å². The topological polar surface area (TPSA) is 92.4 Å². The lowest BCUT2D eigenvalue weighted by molar-refractivity contribution is -0.145. The number of rotatable bonds is 5. The molecule has 0 aromatic heterocycles. The first kappa shape index (κ1) is 16.2. The van der Waals surface area contributed by atoms with Crippen LogP contribution in [0.4, 0.5) is 0 Å². The highest BCUT2D eigenvalue weighted by Crippen LogP contribution is 2.19. The summed E-state index contributed by atoms with van der Waals surface area (Å²) in [6.07, 6.45) is 0.378. The number of hydrogen-bond donors (Lipinski definition) is 3. The second kappa shape index (κ2) is 6.52. The molecule has 0 radical (unpaired) electrons. The molecule has 5 heteroatoms. The minimum atomic E-state index is -1.06. The van der Waals surface area contributed by atoms with Crippen molar-refractivity contribution in [1.29, 1.82) is 0 Å². The molecule has 0 saturated heterocycles. The lowest BCUT2D eigenvalue weighted by atomic mass is 9.86. The van der Waals surface area contributed by atoms with Gasteiger partial charge in [-0.15, -0.1) is 0 Å². The molecule has 1 rings (SSSR count). The van der Waals surface area contributed by atoms with Gasteiger partial charge in [-0.2, -0.15) is 0 Å². The van der Waals surface area contributed by atoms with E-state index in [1.165, 1.54) is 0 Å². The molecule has 1 aromatic rings. The summed E-state index contributed by atoms with van der Waals surface area (Å²) in [6, 6.07) is 7.66. The summed E-state index contributed by atoms with van der Waals surface area (Å²) >= 11 is 0. The maximum atomic E-state index is 12.0. The Bertz CT molecular complexity index is 466. The fraction of sp³-hybridized carbons (Fsp3) is 0.467. The summed E-state index contributed by atoms with van der Waals surface area (Å²) in [4.78, 5) is 23.2. The Balaban J connectivity index is 2.67.